The molecule has 3 aromatic rings. The Bertz CT molecular complexity index is 1810. The van der Waals surface area contributed by atoms with E-state index in [0.29, 0.717) is 36.5 Å². The van der Waals surface area contributed by atoms with Gasteiger partial charge in [0.05, 0.1) is 5.54 Å². The van der Waals surface area contributed by atoms with Gasteiger partial charge < -0.3 is 36.4 Å². The Kier molecular flexibility index (Phi) is 11.8. The minimum atomic E-state index is -4.64. The van der Waals surface area contributed by atoms with Crippen molar-refractivity contribution in [3.63, 3.8) is 0 Å². The first kappa shape index (κ1) is 37.7. The molecule has 19 heteroatoms. The molecule has 2 atom stereocenters. The van der Waals surface area contributed by atoms with Crippen molar-refractivity contribution >= 4 is 58.7 Å². The highest BCUT2D eigenvalue weighted by Gasteiger charge is 2.45. The van der Waals surface area contributed by atoms with Gasteiger partial charge in [-0.2, -0.15) is 28.1 Å². The summed E-state index contributed by atoms with van der Waals surface area (Å²) in [5.41, 5.74) is 0.709. The molecule has 1 aromatic heterocycles. The van der Waals surface area contributed by atoms with Crippen LogP contribution in [0.1, 0.15) is 54.4 Å². The van der Waals surface area contributed by atoms with Crippen molar-refractivity contribution in [1.29, 1.82) is 0 Å². The van der Waals surface area contributed by atoms with E-state index < -0.39 is 53.9 Å². The Hall–Kier alpha value is -5.52. The molecule has 2 aliphatic rings. The quantitative estimate of drug-likeness (QED) is 0.116. The Morgan fingerprint density at radius 1 is 1.02 bits per heavy atom. The molecule has 1 saturated carbocycles. The molecular formula is C33H34ClF3N8O7. The number of ketones is 1. The summed E-state index contributed by atoms with van der Waals surface area (Å²) in [6.07, 6.45) is -2.86. The number of carboxylic acids is 1. The lowest BCUT2D eigenvalue weighted by Crippen LogP contribution is -2.44. The van der Waals surface area contributed by atoms with E-state index in [1.165, 1.54) is 24.3 Å². The van der Waals surface area contributed by atoms with Crippen molar-refractivity contribution in [2.75, 3.05) is 30.3 Å². The highest BCUT2D eigenvalue weighted by molar-refractivity contribution is 6.36. The number of Topliss-reactive ketones (excluding diaryl/α,β-unsaturated/α-hetero) is 1. The number of aromatic nitrogens is 3. The van der Waals surface area contributed by atoms with Crippen LogP contribution in [0.25, 0.3) is 0 Å². The average Bonchev–Trinajstić information content (AvgIpc) is 3.87. The Morgan fingerprint density at radius 3 is 2.35 bits per heavy atom. The third-order valence-electron chi connectivity index (χ3n) is 8.28. The monoisotopic (exact) mass is 746 g/mol. The molecule has 1 saturated heterocycles. The predicted molar refractivity (Wildman–Crippen MR) is 179 cm³/mol. The SMILES string of the molecule is O=C1CC(CC(=O)C(=O)NCC[C@H](NC(=O)c2ccc(Nc3nc(NC4(c5ccc(Cl)cc5)CC4)nc(OCC(F)(F)F)n3)cc2)C(=O)O)CCN1. The van der Waals surface area contributed by atoms with Gasteiger partial charge in [-0.3, -0.25) is 19.2 Å². The van der Waals surface area contributed by atoms with Gasteiger partial charge in [0.1, 0.15) is 6.04 Å². The predicted octanol–water partition coefficient (Wildman–Crippen LogP) is 3.49. The van der Waals surface area contributed by atoms with Gasteiger partial charge in [-0.15, -0.1) is 0 Å². The van der Waals surface area contributed by atoms with Crippen LogP contribution in [0, 0.1) is 5.92 Å². The summed E-state index contributed by atoms with van der Waals surface area (Å²) >= 11 is 6.01. The molecule has 6 N–H and O–H groups in total. The number of carboxylic acid groups (broad SMARTS) is 1. The Labute approximate surface area is 299 Å². The fourth-order valence-electron chi connectivity index (χ4n) is 5.42. The fourth-order valence-corrected chi connectivity index (χ4v) is 5.54. The van der Waals surface area contributed by atoms with Crippen molar-refractivity contribution in [3.8, 4) is 6.01 Å². The number of alkyl halides is 3. The van der Waals surface area contributed by atoms with Gasteiger partial charge in [0.15, 0.2) is 6.61 Å². The minimum Gasteiger partial charge on any atom is -0.480 e. The van der Waals surface area contributed by atoms with E-state index in [1.54, 1.807) is 12.1 Å². The Morgan fingerprint density at radius 2 is 1.71 bits per heavy atom. The first-order valence-electron chi connectivity index (χ1n) is 16.2. The number of hydrogen-bond acceptors (Lipinski definition) is 11. The summed E-state index contributed by atoms with van der Waals surface area (Å²) < 4.78 is 43.5. The molecule has 2 fully saturated rings. The molecule has 3 amide bonds. The first-order chi connectivity index (χ1) is 24.7. The number of nitrogens with zero attached hydrogens (tertiary/aromatic N) is 3. The van der Waals surface area contributed by atoms with Gasteiger partial charge in [0.2, 0.25) is 23.6 Å². The minimum absolute atomic E-state index is 0.0448. The van der Waals surface area contributed by atoms with Crippen LogP contribution < -0.4 is 31.3 Å². The Balaban J connectivity index is 1.18. The smallest absolute Gasteiger partial charge is 0.422 e. The fraction of sp³-hybridized carbons (Fsp3) is 0.394. The number of hydrogen-bond donors (Lipinski definition) is 6. The zero-order chi connectivity index (χ0) is 37.5. The van der Waals surface area contributed by atoms with Gasteiger partial charge >= 0.3 is 18.2 Å². The van der Waals surface area contributed by atoms with E-state index in [4.69, 9.17) is 16.3 Å². The molecular weight excluding hydrogens is 713 g/mol. The number of anilines is 3. The summed E-state index contributed by atoms with van der Waals surface area (Å²) in [5.74, 6) is -4.38. The van der Waals surface area contributed by atoms with Gasteiger partial charge in [-0.05, 0) is 73.6 Å². The standard InChI is InChI=1S/C33H34ClF3N8O7/c34-21-5-3-20(4-6-21)32(11-12-32)45-30-42-29(43-31(44-30)52-17-33(35,36)37)40-22-7-1-19(2-8-22)26(48)41-23(28(50)51)10-14-39-27(49)24(46)15-18-9-13-38-25(47)16-18/h1-8,18,23H,9-17H2,(H,38,47)(H,39,49)(H,41,48)(H,50,51)(H2,40,42,43,44,45)/t18?,23-/m0/s1. The number of amides is 3. The maximum atomic E-state index is 12.9. The van der Waals surface area contributed by atoms with Crippen LogP contribution in [-0.4, -0.2) is 81.4 Å². The van der Waals surface area contributed by atoms with E-state index in [2.05, 4.69) is 41.5 Å². The summed E-state index contributed by atoms with van der Waals surface area (Å²) in [5, 5.41) is 23.5. The van der Waals surface area contributed by atoms with E-state index in [9.17, 15) is 42.3 Å². The largest absolute Gasteiger partial charge is 0.480 e. The second-order valence-corrected chi connectivity index (χ2v) is 12.8. The van der Waals surface area contributed by atoms with Crippen LogP contribution in [0.3, 0.4) is 0 Å². The number of piperidine rings is 1. The number of rotatable bonds is 16. The lowest BCUT2D eigenvalue weighted by Gasteiger charge is -2.21. The van der Waals surface area contributed by atoms with Crippen LogP contribution in [0.2, 0.25) is 5.02 Å². The van der Waals surface area contributed by atoms with Crippen LogP contribution in [0.4, 0.5) is 30.8 Å². The number of nitrogens with one attached hydrogen (secondary N) is 5. The lowest BCUT2D eigenvalue weighted by molar-refractivity contribution is -0.154. The number of benzene rings is 2. The molecule has 1 unspecified atom stereocenters. The second-order valence-electron chi connectivity index (χ2n) is 12.3. The molecule has 5 rings (SSSR count). The van der Waals surface area contributed by atoms with Crippen molar-refractivity contribution < 1.29 is 47.0 Å². The number of ether oxygens (including phenoxy) is 1. The van der Waals surface area contributed by atoms with Crippen LogP contribution in [0.5, 0.6) is 6.01 Å². The van der Waals surface area contributed by atoms with Gasteiger partial charge in [0.25, 0.3) is 11.8 Å². The summed E-state index contributed by atoms with van der Waals surface area (Å²) in [6.45, 7) is -1.42. The first-order valence-corrected chi connectivity index (χ1v) is 16.5. The van der Waals surface area contributed by atoms with E-state index >= 15 is 0 Å². The number of carbonyl (C=O) groups excluding carboxylic acids is 4. The lowest BCUT2D eigenvalue weighted by atomic mass is 9.92. The zero-order valence-electron chi connectivity index (χ0n) is 27.4. The maximum Gasteiger partial charge on any atom is 0.422 e. The third-order valence-corrected chi connectivity index (χ3v) is 8.53. The topological polar surface area (TPSA) is 214 Å². The van der Waals surface area contributed by atoms with E-state index in [-0.39, 0.29) is 55.1 Å². The van der Waals surface area contributed by atoms with Crippen LogP contribution in [0.15, 0.2) is 48.5 Å². The number of halogens is 4. The second kappa shape index (κ2) is 16.2. The maximum absolute atomic E-state index is 12.9. The molecule has 0 bridgehead atoms. The third kappa shape index (κ3) is 10.7. The molecule has 1 aliphatic carbocycles. The molecule has 0 spiro atoms. The van der Waals surface area contributed by atoms with Crippen LogP contribution >= 0.6 is 11.6 Å². The highest BCUT2D eigenvalue weighted by Crippen LogP contribution is 2.48. The molecule has 2 aromatic carbocycles. The number of carbonyl (C=O) groups is 5. The van der Waals surface area contributed by atoms with E-state index in [0.717, 1.165) is 5.56 Å². The summed E-state index contributed by atoms with van der Waals surface area (Å²) in [7, 11) is 0. The molecule has 0 radical (unpaired) electrons. The van der Waals surface area contributed by atoms with Gasteiger partial charge in [0, 0.05) is 42.2 Å². The van der Waals surface area contributed by atoms with Crippen molar-refractivity contribution in [2.24, 2.45) is 5.92 Å². The highest BCUT2D eigenvalue weighted by atomic mass is 35.5. The van der Waals surface area contributed by atoms with Crippen molar-refractivity contribution in [1.82, 2.24) is 30.9 Å². The molecule has 1 aliphatic heterocycles. The van der Waals surface area contributed by atoms with E-state index in [1.807, 2.05) is 12.1 Å². The number of aliphatic carboxylic acids is 1. The molecule has 52 heavy (non-hydrogen) atoms. The van der Waals surface area contributed by atoms with Crippen LogP contribution in [-0.2, 0) is 24.7 Å². The van der Waals surface area contributed by atoms with Crippen molar-refractivity contribution in [3.05, 3.63) is 64.7 Å². The van der Waals surface area contributed by atoms with Crippen molar-refractivity contribution in [2.45, 2.75) is 56.3 Å². The van der Waals surface area contributed by atoms with Gasteiger partial charge in [-0.25, -0.2) is 4.79 Å². The average molecular weight is 747 g/mol. The summed E-state index contributed by atoms with van der Waals surface area (Å²) in [4.78, 5) is 72.9. The molecule has 2 heterocycles. The summed E-state index contributed by atoms with van der Waals surface area (Å²) in [6, 6.07) is 10.7. The molecule has 15 nitrogen and oxygen atoms in total. The van der Waals surface area contributed by atoms with Gasteiger partial charge in [-0.1, -0.05) is 23.7 Å². The molecule has 276 valence electrons. The zero-order valence-corrected chi connectivity index (χ0v) is 28.1. The normalized spacial score (nSPS) is 16.8.